The van der Waals surface area contributed by atoms with E-state index in [9.17, 15) is 8.42 Å². The third kappa shape index (κ3) is 4.59. The molecule has 1 heterocycles. The van der Waals surface area contributed by atoms with E-state index in [1.54, 1.807) is 0 Å². The van der Waals surface area contributed by atoms with Crippen LogP contribution in [0.1, 0.15) is 12.8 Å². The van der Waals surface area contributed by atoms with Crippen molar-refractivity contribution in [3.05, 3.63) is 0 Å². The monoisotopic (exact) mass is 240 g/mol. The molecule has 0 saturated carbocycles. The molecule has 0 radical (unpaired) electrons. The normalized spacial score (nSPS) is 18.9. The minimum Gasteiger partial charge on any atom is -0.302 e. The van der Waals surface area contributed by atoms with Gasteiger partial charge in [-0.15, -0.1) is 11.6 Å². The van der Waals surface area contributed by atoms with Gasteiger partial charge in [0.15, 0.2) is 0 Å². The fourth-order valence-electron chi connectivity index (χ4n) is 1.54. The molecule has 0 bridgehead atoms. The summed E-state index contributed by atoms with van der Waals surface area (Å²) >= 11 is 5.36. The van der Waals surface area contributed by atoms with E-state index < -0.39 is 10.0 Å². The summed E-state index contributed by atoms with van der Waals surface area (Å²) in [4.78, 5) is 2.27. The van der Waals surface area contributed by atoms with Crippen LogP contribution in [0, 0.1) is 0 Å². The number of likely N-dealkylation sites (tertiary alicyclic amines) is 1. The number of nitrogens with one attached hydrogen (secondary N) is 1. The summed E-state index contributed by atoms with van der Waals surface area (Å²) in [5, 5.41) is 0. The molecule has 84 valence electrons. The number of halogens is 1. The lowest BCUT2D eigenvalue weighted by atomic mass is 10.4. The summed E-state index contributed by atoms with van der Waals surface area (Å²) in [5.74, 6) is 0.160. The second kappa shape index (κ2) is 5.90. The van der Waals surface area contributed by atoms with Gasteiger partial charge in [-0.2, -0.15) is 0 Å². The fourth-order valence-corrected chi connectivity index (χ4v) is 2.90. The molecule has 1 saturated heterocycles. The largest absolute Gasteiger partial charge is 0.302 e. The van der Waals surface area contributed by atoms with Gasteiger partial charge in [-0.25, -0.2) is 13.1 Å². The molecule has 1 aliphatic rings. The third-order valence-corrected chi connectivity index (χ3v) is 4.09. The number of sulfonamides is 1. The highest BCUT2D eigenvalue weighted by molar-refractivity contribution is 7.89. The summed E-state index contributed by atoms with van der Waals surface area (Å²) < 4.78 is 24.9. The first kappa shape index (κ1) is 12.2. The van der Waals surface area contributed by atoms with Crippen LogP contribution < -0.4 is 4.72 Å². The minimum absolute atomic E-state index is 0.00849. The first-order chi connectivity index (χ1) is 6.64. The molecule has 0 atom stereocenters. The first-order valence-electron chi connectivity index (χ1n) is 4.90. The quantitative estimate of drug-likeness (QED) is 0.677. The van der Waals surface area contributed by atoms with E-state index in [0.29, 0.717) is 6.54 Å². The van der Waals surface area contributed by atoms with Crippen LogP contribution in [0.5, 0.6) is 0 Å². The van der Waals surface area contributed by atoms with E-state index >= 15 is 0 Å². The zero-order valence-corrected chi connectivity index (χ0v) is 9.78. The number of nitrogens with zero attached hydrogens (tertiary/aromatic N) is 1. The van der Waals surface area contributed by atoms with Crippen LogP contribution in [0.2, 0.25) is 0 Å². The minimum atomic E-state index is -3.13. The lowest BCUT2D eigenvalue weighted by molar-refractivity contribution is 0.344. The van der Waals surface area contributed by atoms with Crippen molar-refractivity contribution in [3.8, 4) is 0 Å². The van der Waals surface area contributed by atoms with Crippen LogP contribution in [-0.4, -0.2) is 51.1 Å². The van der Waals surface area contributed by atoms with E-state index in [1.165, 1.54) is 12.8 Å². The van der Waals surface area contributed by atoms with Crippen molar-refractivity contribution in [2.24, 2.45) is 0 Å². The van der Waals surface area contributed by atoms with Gasteiger partial charge in [0.05, 0.1) is 5.75 Å². The van der Waals surface area contributed by atoms with Gasteiger partial charge < -0.3 is 4.90 Å². The predicted molar refractivity (Wildman–Crippen MR) is 58.2 cm³/mol. The van der Waals surface area contributed by atoms with Gasteiger partial charge >= 0.3 is 0 Å². The molecule has 0 aromatic carbocycles. The SMILES string of the molecule is O=S(=O)(CCCl)NCCN1CCCC1. The molecule has 6 heteroatoms. The standard InChI is InChI=1S/C8H17ClN2O2S/c9-3-8-14(12,13)10-4-7-11-5-1-2-6-11/h10H,1-8H2. The molecular formula is C8H17ClN2O2S. The fraction of sp³-hybridized carbons (Fsp3) is 1.00. The van der Waals surface area contributed by atoms with Crippen molar-refractivity contribution in [1.82, 2.24) is 9.62 Å². The molecular weight excluding hydrogens is 224 g/mol. The number of rotatable bonds is 6. The van der Waals surface area contributed by atoms with Gasteiger partial charge in [0, 0.05) is 19.0 Å². The molecule has 4 nitrogen and oxygen atoms in total. The predicted octanol–water partition coefficient (Wildman–Crippen LogP) is 0.240. The van der Waals surface area contributed by atoms with Crippen LogP contribution in [0.15, 0.2) is 0 Å². The van der Waals surface area contributed by atoms with Gasteiger partial charge in [0.1, 0.15) is 0 Å². The van der Waals surface area contributed by atoms with Gasteiger partial charge in [-0.05, 0) is 25.9 Å². The molecule has 1 fully saturated rings. The highest BCUT2D eigenvalue weighted by Gasteiger charge is 2.13. The Labute approximate surface area is 90.7 Å². The number of alkyl halides is 1. The molecule has 1 aliphatic heterocycles. The summed E-state index contributed by atoms with van der Waals surface area (Å²) in [6, 6.07) is 0. The second-order valence-corrected chi connectivity index (χ2v) is 5.76. The zero-order chi connectivity index (χ0) is 10.4. The summed E-state index contributed by atoms with van der Waals surface area (Å²) in [6.07, 6.45) is 2.46. The van der Waals surface area contributed by atoms with Gasteiger partial charge in [-0.3, -0.25) is 0 Å². The number of hydrogen-bond donors (Lipinski definition) is 1. The van der Waals surface area contributed by atoms with E-state index in [2.05, 4.69) is 9.62 Å². The van der Waals surface area contributed by atoms with Crippen molar-refractivity contribution < 1.29 is 8.42 Å². The van der Waals surface area contributed by atoms with Crippen molar-refractivity contribution in [2.75, 3.05) is 37.8 Å². The van der Waals surface area contributed by atoms with E-state index in [4.69, 9.17) is 11.6 Å². The molecule has 0 aromatic heterocycles. The first-order valence-corrected chi connectivity index (χ1v) is 7.08. The maximum Gasteiger partial charge on any atom is 0.212 e. The summed E-state index contributed by atoms with van der Waals surface area (Å²) in [7, 11) is -3.13. The molecule has 0 unspecified atom stereocenters. The Morgan fingerprint density at radius 2 is 1.93 bits per heavy atom. The Kier molecular flexibility index (Phi) is 5.15. The van der Waals surface area contributed by atoms with Crippen molar-refractivity contribution in [2.45, 2.75) is 12.8 Å². The summed E-state index contributed by atoms with van der Waals surface area (Å²) in [6.45, 7) is 3.50. The Bertz CT molecular complexity index is 250. The second-order valence-electron chi connectivity index (χ2n) is 3.45. The zero-order valence-electron chi connectivity index (χ0n) is 8.21. The van der Waals surface area contributed by atoms with Gasteiger partial charge in [0.2, 0.25) is 10.0 Å². The molecule has 1 N–H and O–H groups in total. The Hall–Kier alpha value is 0.160. The van der Waals surface area contributed by atoms with Gasteiger partial charge in [-0.1, -0.05) is 0 Å². The Morgan fingerprint density at radius 1 is 1.29 bits per heavy atom. The molecule has 14 heavy (non-hydrogen) atoms. The van der Waals surface area contributed by atoms with Crippen LogP contribution >= 0.6 is 11.6 Å². The maximum absolute atomic E-state index is 11.2. The van der Waals surface area contributed by atoms with Crippen molar-refractivity contribution in [1.29, 1.82) is 0 Å². The van der Waals surface area contributed by atoms with E-state index in [0.717, 1.165) is 19.6 Å². The summed E-state index contributed by atoms with van der Waals surface area (Å²) in [5.41, 5.74) is 0. The topological polar surface area (TPSA) is 49.4 Å². The van der Waals surface area contributed by atoms with Crippen molar-refractivity contribution in [3.63, 3.8) is 0 Å². The molecule has 0 aromatic rings. The molecule has 0 amide bonds. The van der Waals surface area contributed by atoms with Crippen LogP contribution in [0.3, 0.4) is 0 Å². The third-order valence-electron chi connectivity index (χ3n) is 2.29. The van der Waals surface area contributed by atoms with E-state index in [-0.39, 0.29) is 11.6 Å². The molecule has 0 spiro atoms. The van der Waals surface area contributed by atoms with Crippen LogP contribution in [-0.2, 0) is 10.0 Å². The average Bonchev–Trinajstić information content (AvgIpc) is 2.56. The average molecular weight is 241 g/mol. The van der Waals surface area contributed by atoms with Crippen molar-refractivity contribution >= 4 is 21.6 Å². The Balaban J connectivity index is 2.13. The number of hydrogen-bond acceptors (Lipinski definition) is 3. The maximum atomic E-state index is 11.2. The van der Waals surface area contributed by atoms with Crippen LogP contribution in [0.25, 0.3) is 0 Å². The Morgan fingerprint density at radius 3 is 2.50 bits per heavy atom. The lowest BCUT2D eigenvalue weighted by Crippen LogP contribution is -2.34. The lowest BCUT2D eigenvalue weighted by Gasteiger charge is -2.14. The van der Waals surface area contributed by atoms with Crippen LogP contribution in [0.4, 0.5) is 0 Å². The van der Waals surface area contributed by atoms with E-state index in [1.807, 2.05) is 0 Å². The highest BCUT2D eigenvalue weighted by atomic mass is 35.5. The molecule has 1 rings (SSSR count). The van der Waals surface area contributed by atoms with Gasteiger partial charge in [0.25, 0.3) is 0 Å². The highest BCUT2D eigenvalue weighted by Crippen LogP contribution is 2.05. The smallest absolute Gasteiger partial charge is 0.212 e. The molecule has 0 aliphatic carbocycles.